The summed E-state index contributed by atoms with van der Waals surface area (Å²) in [6, 6.07) is 1.80. The Bertz CT molecular complexity index is 383. The normalized spacial score (nSPS) is 28.9. The Morgan fingerprint density at radius 3 is 3.00 bits per heavy atom. The van der Waals surface area contributed by atoms with Gasteiger partial charge >= 0.3 is 0 Å². The summed E-state index contributed by atoms with van der Waals surface area (Å²) < 4.78 is 14.1. The van der Waals surface area contributed by atoms with Crippen molar-refractivity contribution < 1.29 is 4.39 Å². The van der Waals surface area contributed by atoms with E-state index in [2.05, 4.69) is 40.1 Å². The molecule has 15 heavy (non-hydrogen) atoms. The number of rotatable bonds is 3. The maximum atomic E-state index is 13.4. The van der Waals surface area contributed by atoms with Gasteiger partial charge in [-0.3, -0.25) is 0 Å². The predicted octanol–water partition coefficient (Wildman–Crippen LogP) is 3.58. The van der Waals surface area contributed by atoms with Gasteiger partial charge in [0.1, 0.15) is 0 Å². The lowest BCUT2D eigenvalue weighted by Crippen LogP contribution is -2.12. The first-order valence-electron chi connectivity index (χ1n) is 5.13. The Kier molecular flexibility index (Phi) is 2.71. The van der Waals surface area contributed by atoms with Crippen LogP contribution < -0.4 is 5.32 Å². The summed E-state index contributed by atoms with van der Waals surface area (Å²) in [6.45, 7) is 4.37. The molecular weight excluding hydrogens is 259 g/mol. The minimum atomic E-state index is -0.297. The molecule has 1 aromatic rings. The number of hydrogen-bond donors (Lipinski definition) is 1. The highest BCUT2D eigenvalue weighted by molar-refractivity contribution is 9.10. The molecule has 1 heterocycles. The van der Waals surface area contributed by atoms with Crippen LogP contribution in [-0.2, 0) is 0 Å². The maximum Gasteiger partial charge on any atom is 0.166 e. The van der Waals surface area contributed by atoms with E-state index in [9.17, 15) is 4.39 Å². The monoisotopic (exact) mass is 272 g/mol. The fourth-order valence-electron chi connectivity index (χ4n) is 1.71. The molecule has 1 saturated carbocycles. The van der Waals surface area contributed by atoms with Gasteiger partial charge in [-0.1, -0.05) is 13.8 Å². The zero-order chi connectivity index (χ0) is 11.1. The summed E-state index contributed by atoms with van der Waals surface area (Å²) >= 11 is 3.18. The molecule has 1 aliphatic carbocycles. The molecule has 4 heteroatoms. The smallest absolute Gasteiger partial charge is 0.166 e. The van der Waals surface area contributed by atoms with Crippen molar-refractivity contribution >= 4 is 21.7 Å². The molecule has 2 rings (SSSR count). The number of anilines is 1. The van der Waals surface area contributed by atoms with Gasteiger partial charge in [0.15, 0.2) is 11.6 Å². The predicted molar refractivity (Wildman–Crippen MR) is 62.3 cm³/mol. The van der Waals surface area contributed by atoms with Gasteiger partial charge in [0.25, 0.3) is 0 Å². The first kappa shape index (κ1) is 10.9. The van der Waals surface area contributed by atoms with Crippen molar-refractivity contribution in [3.05, 3.63) is 22.6 Å². The standard InChI is InChI=1S/C11H14BrFN2/c1-3-11(2)5-9(11)15-10-8(13)4-7(12)6-14-10/h4,6,9H,3,5H2,1-2H3,(H,14,15). The number of pyridine rings is 1. The van der Waals surface area contributed by atoms with Crippen molar-refractivity contribution in [2.24, 2.45) is 5.41 Å². The number of nitrogens with one attached hydrogen (secondary N) is 1. The van der Waals surface area contributed by atoms with Gasteiger partial charge in [0.05, 0.1) is 0 Å². The zero-order valence-electron chi connectivity index (χ0n) is 8.85. The lowest BCUT2D eigenvalue weighted by atomic mass is 10.1. The molecule has 2 unspecified atom stereocenters. The van der Waals surface area contributed by atoms with E-state index in [1.165, 1.54) is 6.07 Å². The zero-order valence-corrected chi connectivity index (χ0v) is 10.4. The highest BCUT2D eigenvalue weighted by atomic mass is 79.9. The van der Waals surface area contributed by atoms with Crippen LogP contribution >= 0.6 is 15.9 Å². The van der Waals surface area contributed by atoms with Gasteiger partial charge < -0.3 is 5.32 Å². The van der Waals surface area contributed by atoms with E-state index in [1.54, 1.807) is 6.20 Å². The van der Waals surface area contributed by atoms with Crippen molar-refractivity contribution in [1.82, 2.24) is 4.98 Å². The van der Waals surface area contributed by atoms with Gasteiger partial charge in [-0.15, -0.1) is 0 Å². The average Bonchev–Trinajstić information content (AvgIpc) is 2.83. The Balaban J connectivity index is 2.07. The molecule has 0 amide bonds. The molecular formula is C11H14BrFN2. The van der Waals surface area contributed by atoms with Crippen LogP contribution in [0.4, 0.5) is 10.2 Å². The van der Waals surface area contributed by atoms with E-state index in [0.29, 0.717) is 21.7 Å². The summed E-state index contributed by atoms with van der Waals surface area (Å²) in [5.41, 5.74) is 0.321. The molecule has 0 radical (unpaired) electrons. The summed E-state index contributed by atoms with van der Waals surface area (Å²) in [5, 5.41) is 3.15. The third-order valence-corrected chi connectivity index (χ3v) is 3.71. The van der Waals surface area contributed by atoms with Crippen LogP contribution in [-0.4, -0.2) is 11.0 Å². The molecule has 0 aromatic carbocycles. The van der Waals surface area contributed by atoms with Crippen LogP contribution in [0.25, 0.3) is 0 Å². The Morgan fingerprint density at radius 1 is 1.73 bits per heavy atom. The summed E-state index contributed by atoms with van der Waals surface area (Å²) in [5.74, 6) is 0.0649. The molecule has 0 saturated heterocycles. The van der Waals surface area contributed by atoms with E-state index in [1.807, 2.05) is 0 Å². The second kappa shape index (κ2) is 3.74. The number of aromatic nitrogens is 1. The SMILES string of the molecule is CCC1(C)CC1Nc1ncc(Br)cc1F. The van der Waals surface area contributed by atoms with Crippen molar-refractivity contribution in [2.75, 3.05) is 5.32 Å². The van der Waals surface area contributed by atoms with Crippen molar-refractivity contribution in [2.45, 2.75) is 32.7 Å². The van der Waals surface area contributed by atoms with Crippen molar-refractivity contribution in [3.8, 4) is 0 Å². The number of hydrogen-bond acceptors (Lipinski definition) is 2. The van der Waals surface area contributed by atoms with Crippen LogP contribution in [0.3, 0.4) is 0 Å². The molecule has 82 valence electrons. The maximum absolute atomic E-state index is 13.4. The van der Waals surface area contributed by atoms with Crippen LogP contribution in [0.15, 0.2) is 16.7 Å². The topological polar surface area (TPSA) is 24.9 Å². The van der Waals surface area contributed by atoms with Crippen LogP contribution in [0, 0.1) is 11.2 Å². The molecule has 0 spiro atoms. The lowest BCUT2D eigenvalue weighted by Gasteiger charge is -2.10. The van der Waals surface area contributed by atoms with Gasteiger partial charge in [-0.2, -0.15) is 0 Å². The van der Waals surface area contributed by atoms with Gasteiger partial charge in [0.2, 0.25) is 0 Å². The molecule has 1 N–H and O–H groups in total. The van der Waals surface area contributed by atoms with Gasteiger partial charge in [-0.25, -0.2) is 9.37 Å². The second-order valence-electron chi connectivity index (χ2n) is 4.39. The summed E-state index contributed by atoms with van der Waals surface area (Å²) in [6.07, 6.45) is 3.82. The van der Waals surface area contributed by atoms with E-state index in [-0.39, 0.29) is 5.82 Å². The van der Waals surface area contributed by atoms with Gasteiger partial charge in [0, 0.05) is 16.7 Å². The molecule has 1 fully saturated rings. The third kappa shape index (κ3) is 2.14. The molecule has 0 aliphatic heterocycles. The van der Waals surface area contributed by atoms with Crippen molar-refractivity contribution in [1.29, 1.82) is 0 Å². The molecule has 2 nitrogen and oxygen atoms in total. The largest absolute Gasteiger partial charge is 0.364 e. The first-order valence-corrected chi connectivity index (χ1v) is 5.92. The highest BCUT2D eigenvalue weighted by Gasteiger charge is 2.48. The molecule has 1 aromatic heterocycles. The van der Waals surface area contributed by atoms with E-state index in [4.69, 9.17) is 0 Å². The third-order valence-electron chi connectivity index (χ3n) is 3.28. The summed E-state index contributed by atoms with van der Waals surface area (Å²) in [4.78, 5) is 4.02. The van der Waals surface area contributed by atoms with E-state index >= 15 is 0 Å². The fraction of sp³-hybridized carbons (Fsp3) is 0.545. The quantitative estimate of drug-likeness (QED) is 0.910. The first-order chi connectivity index (χ1) is 7.05. The highest BCUT2D eigenvalue weighted by Crippen LogP contribution is 2.49. The number of nitrogens with zero attached hydrogens (tertiary/aromatic N) is 1. The summed E-state index contributed by atoms with van der Waals surface area (Å²) in [7, 11) is 0. The molecule has 2 atom stereocenters. The van der Waals surface area contributed by atoms with Crippen molar-refractivity contribution in [3.63, 3.8) is 0 Å². The van der Waals surface area contributed by atoms with Crippen LogP contribution in [0.1, 0.15) is 26.7 Å². The minimum Gasteiger partial charge on any atom is -0.364 e. The Morgan fingerprint density at radius 2 is 2.47 bits per heavy atom. The Labute approximate surface area is 97.4 Å². The molecule has 0 bridgehead atoms. The second-order valence-corrected chi connectivity index (χ2v) is 5.31. The molecule has 1 aliphatic rings. The lowest BCUT2D eigenvalue weighted by molar-refractivity contribution is 0.533. The van der Waals surface area contributed by atoms with E-state index in [0.717, 1.165) is 12.8 Å². The number of halogens is 2. The van der Waals surface area contributed by atoms with Gasteiger partial charge in [-0.05, 0) is 40.3 Å². The average molecular weight is 273 g/mol. The minimum absolute atomic E-state index is 0.297. The van der Waals surface area contributed by atoms with Crippen LogP contribution in [0.2, 0.25) is 0 Å². The van der Waals surface area contributed by atoms with Crippen LogP contribution in [0.5, 0.6) is 0 Å². The Hall–Kier alpha value is -0.640. The van der Waals surface area contributed by atoms with E-state index < -0.39 is 0 Å². The fourth-order valence-corrected chi connectivity index (χ4v) is 2.01.